The van der Waals surface area contributed by atoms with Gasteiger partial charge in [-0.2, -0.15) is 15.2 Å². The lowest BCUT2D eigenvalue weighted by molar-refractivity contribution is 0.107. The van der Waals surface area contributed by atoms with E-state index in [0.29, 0.717) is 43.6 Å². The smallest absolute Gasteiger partial charge is 0.319 e. The van der Waals surface area contributed by atoms with Crippen molar-refractivity contribution in [3.63, 3.8) is 0 Å². The number of aromatic nitrogens is 3. The van der Waals surface area contributed by atoms with Crippen molar-refractivity contribution in [3.05, 3.63) is 41.5 Å². The van der Waals surface area contributed by atoms with Crippen molar-refractivity contribution in [2.45, 2.75) is 49.9 Å². The standard InChI is InChI=1S/C34H29F3N6O3/c1-2-23-25(36)5-4-19-11-22(44)12-24(26(19)23)29-28(37)30-27-31(43-9-6-18(14-38)10-21(43)16-45-32(27)39-29)41-33(40-30)46-17-34-7-3-8-42(34)15-20(35)13-34/h1,4-5,11-12,18,20-21,44H,3,6-10,13,15-17H2/t18-,20-,21+,34+/m1/s1. The molecule has 9 nitrogen and oxygen atoms in total. The zero-order chi connectivity index (χ0) is 31.7. The van der Waals surface area contributed by atoms with Crippen LogP contribution in [0.2, 0.25) is 0 Å². The van der Waals surface area contributed by atoms with Gasteiger partial charge in [0.2, 0.25) is 5.88 Å². The second-order valence-corrected chi connectivity index (χ2v) is 12.7. The number of rotatable bonds is 4. The highest BCUT2D eigenvalue weighted by molar-refractivity contribution is 6.04. The Bertz CT molecular complexity index is 2010. The molecule has 0 radical (unpaired) electrons. The van der Waals surface area contributed by atoms with Crippen LogP contribution in [-0.4, -0.2) is 75.6 Å². The quantitative estimate of drug-likeness (QED) is 0.304. The molecule has 3 saturated heterocycles. The number of phenolic OH excluding ortho intramolecular Hbond substituents is 1. The van der Waals surface area contributed by atoms with Gasteiger partial charge in [-0.05, 0) is 55.8 Å². The maximum absolute atomic E-state index is 16.9. The molecule has 4 atom stereocenters. The van der Waals surface area contributed by atoms with Crippen LogP contribution in [0.15, 0.2) is 24.3 Å². The van der Waals surface area contributed by atoms with Gasteiger partial charge < -0.3 is 19.5 Å². The summed E-state index contributed by atoms with van der Waals surface area (Å²) in [6.45, 7) is 1.91. The van der Waals surface area contributed by atoms with Crippen molar-refractivity contribution in [1.29, 1.82) is 5.26 Å². The summed E-state index contributed by atoms with van der Waals surface area (Å²) in [4.78, 5) is 18.0. The third-order valence-electron chi connectivity index (χ3n) is 9.98. The van der Waals surface area contributed by atoms with Gasteiger partial charge in [0, 0.05) is 30.5 Å². The molecule has 12 heteroatoms. The Morgan fingerprint density at radius 3 is 2.87 bits per heavy atom. The van der Waals surface area contributed by atoms with Crippen molar-refractivity contribution in [2.75, 3.05) is 37.7 Å². The van der Waals surface area contributed by atoms with Gasteiger partial charge in [-0.15, -0.1) is 6.42 Å². The van der Waals surface area contributed by atoms with Crippen molar-refractivity contribution >= 4 is 27.5 Å². The van der Waals surface area contributed by atoms with Gasteiger partial charge in [0.1, 0.15) is 53.4 Å². The largest absolute Gasteiger partial charge is 0.508 e. The minimum Gasteiger partial charge on any atom is -0.508 e. The first-order valence-corrected chi connectivity index (χ1v) is 15.4. The number of terminal acetylenes is 1. The lowest BCUT2D eigenvalue weighted by Gasteiger charge is -2.37. The van der Waals surface area contributed by atoms with E-state index in [2.05, 4.69) is 26.9 Å². The van der Waals surface area contributed by atoms with Gasteiger partial charge in [-0.1, -0.05) is 12.0 Å². The minimum atomic E-state index is -0.950. The van der Waals surface area contributed by atoms with Crippen LogP contribution >= 0.6 is 0 Å². The number of nitrogens with zero attached hydrogens (tertiary/aromatic N) is 6. The van der Waals surface area contributed by atoms with Gasteiger partial charge in [-0.3, -0.25) is 4.90 Å². The number of fused-ring (bicyclic) bond motifs is 4. The number of alkyl halides is 1. The number of pyridine rings is 1. The number of piperidine rings is 1. The van der Waals surface area contributed by atoms with Crippen molar-refractivity contribution in [3.8, 4) is 47.3 Å². The molecule has 2 aromatic carbocycles. The number of ether oxygens (including phenoxy) is 2. The highest BCUT2D eigenvalue weighted by Crippen LogP contribution is 2.45. The average Bonchev–Trinajstić information content (AvgIpc) is 3.53. The molecule has 0 bridgehead atoms. The number of anilines is 1. The predicted octanol–water partition coefficient (Wildman–Crippen LogP) is 5.27. The van der Waals surface area contributed by atoms with Crippen LogP contribution in [0.25, 0.3) is 32.9 Å². The molecule has 0 aliphatic carbocycles. The fourth-order valence-electron chi connectivity index (χ4n) is 7.84. The van der Waals surface area contributed by atoms with Crippen molar-refractivity contribution in [2.24, 2.45) is 5.92 Å². The normalized spacial score (nSPS) is 25.4. The Morgan fingerprint density at radius 1 is 1.17 bits per heavy atom. The predicted molar refractivity (Wildman–Crippen MR) is 163 cm³/mol. The molecule has 4 aromatic rings. The Balaban J connectivity index is 1.32. The van der Waals surface area contributed by atoms with Gasteiger partial charge in [-0.25, -0.2) is 18.2 Å². The molecular formula is C34H29F3N6O3. The zero-order valence-electron chi connectivity index (χ0n) is 24.8. The van der Waals surface area contributed by atoms with E-state index in [9.17, 15) is 19.1 Å². The summed E-state index contributed by atoms with van der Waals surface area (Å²) in [6, 6.07) is 7.36. The molecule has 234 valence electrons. The number of benzene rings is 2. The second-order valence-electron chi connectivity index (χ2n) is 12.7. The number of aromatic hydroxyl groups is 1. The van der Waals surface area contributed by atoms with E-state index in [4.69, 9.17) is 20.9 Å². The Labute approximate surface area is 262 Å². The molecule has 0 saturated carbocycles. The Morgan fingerprint density at radius 2 is 2.04 bits per heavy atom. The lowest BCUT2D eigenvalue weighted by atomic mass is 9.92. The van der Waals surface area contributed by atoms with Crippen LogP contribution < -0.4 is 14.4 Å². The summed E-state index contributed by atoms with van der Waals surface area (Å²) in [7, 11) is 0. The zero-order valence-corrected chi connectivity index (χ0v) is 24.8. The SMILES string of the molecule is C#Cc1c(F)ccc2cc(O)cc(-c3nc4c5c(nc(OC[C@@]67CCCN6C[C@H](F)C7)nc5c3F)N3CC[C@@H](C#N)C[C@H]3CO4)c12. The highest BCUT2D eigenvalue weighted by atomic mass is 19.1. The molecule has 46 heavy (non-hydrogen) atoms. The van der Waals surface area contributed by atoms with Crippen LogP contribution in [-0.2, 0) is 0 Å². The summed E-state index contributed by atoms with van der Waals surface area (Å²) in [5, 5.41) is 21.1. The number of hydrogen-bond donors (Lipinski definition) is 1. The van der Waals surface area contributed by atoms with Gasteiger partial charge in [0.25, 0.3) is 0 Å². The molecule has 6 heterocycles. The van der Waals surface area contributed by atoms with Crippen LogP contribution in [0.4, 0.5) is 19.0 Å². The van der Waals surface area contributed by atoms with Gasteiger partial charge >= 0.3 is 6.01 Å². The first-order chi connectivity index (χ1) is 22.3. The minimum absolute atomic E-state index is 0.0580. The molecule has 2 aromatic heterocycles. The van der Waals surface area contributed by atoms with Crippen LogP contribution in [0.5, 0.6) is 17.6 Å². The molecule has 4 aliphatic rings. The van der Waals surface area contributed by atoms with Crippen LogP contribution in [0.3, 0.4) is 0 Å². The molecule has 0 spiro atoms. The van der Waals surface area contributed by atoms with E-state index in [1.54, 1.807) is 0 Å². The monoisotopic (exact) mass is 626 g/mol. The molecule has 0 unspecified atom stereocenters. The molecule has 1 N–H and O–H groups in total. The van der Waals surface area contributed by atoms with Crippen molar-refractivity contribution < 1.29 is 27.8 Å². The van der Waals surface area contributed by atoms with Crippen LogP contribution in [0.1, 0.15) is 37.7 Å². The van der Waals surface area contributed by atoms with Gasteiger partial charge in [0.15, 0.2) is 5.82 Å². The molecule has 8 rings (SSSR count). The maximum Gasteiger partial charge on any atom is 0.319 e. The number of hydrogen-bond acceptors (Lipinski definition) is 9. The van der Waals surface area contributed by atoms with E-state index >= 15 is 4.39 Å². The number of halogens is 3. The fraction of sp³-hybridized carbons (Fsp3) is 0.412. The average molecular weight is 627 g/mol. The topological polar surface area (TPSA) is 108 Å². The Hall–Kier alpha value is -4.81. The highest BCUT2D eigenvalue weighted by Gasteiger charge is 2.49. The summed E-state index contributed by atoms with van der Waals surface area (Å²) in [5.41, 5.74) is -0.889. The first kappa shape index (κ1) is 28.6. The summed E-state index contributed by atoms with van der Waals surface area (Å²) < 4.78 is 58.7. The lowest BCUT2D eigenvalue weighted by Crippen LogP contribution is -2.45. The summed E-state index contributed by atoms with van der Waals surface area (Å²) in [5.74, 6) is 0.876. The van der Waals surface area contributed by atoms with Crippen molar-refractivity contribution in [1.82, 2.24) is 19.9 Å². The van der Waals surface area contributed by atoms with E-state index in [1.807, 2.05) is 4.90 Å². The van der Waals surface area contributed by atoms with Crippen LogP contribution in [0, 0.1) is 41.2 Å². The molecule has 4 aliphatic heterocycles. The molecule has 0 amide bonds. The number of nitriles is 1. The van der Waals surface area contributed by atoms with E-state index in [1.165, 1.54) is 24.3 Å². The fourth-order valence-corrected chi connectivity index (χ4v) is 7.84. The third-order valence-corrected chi connectivity index (χ3v) is 9.98. The Kier molecular flexibility index (Phi) is 6.62. The van der Waals surface area contributed by atoms with E-state index < -0.39 is 23.3 Å². The second kappa shape index (κ2) is 10.6. The molecule has 3 fully saturated rings. The molecular weight excluding hydrogens is 597 g/mol. The maximum atomic E-state index is 16.9. The third kappa shape index (κ3) is 4.38. The van der Waals surface area contributed by atoms with E-state index in [-0.39, 0.29) is 75.9 Å². The van der Waals surface area contributed by atoms with E-state index in [0.717, 1.165) is 19.4 Å². The first-order valence-electron chi connectivity index (χ1n) is 15.4. The summed E-state index contributed by atoms with van der Waals surface area (Å²) >= 11 is 0. The summed E-state index contributed by atoms with van der Waals surface area (Å²) in [6.07, 6.45) is 7.89. The van der Waals surface area contributed by atoms with Gasteiger partial charge in [0.05, 0.1) is 29.1 Å². The number of phenols is 1.